The van der Waals surface area contributed by atoms with Gasteiger partial charge in [0.05, 0.1) is 15.6 Å². The standard InChI is InChI=1S/C20H14ClF3N4O3S/c1-10-15(32-19(26-10)11-2-5-16(25-7-11)20(22,23)24)9-30-12-3-4-13(14(21)6-12)18-27-17(8-29)31-28-18/h2-8,17H,9H2,1H3,(H,27,28). The van der Waals surface area contributed by atoms with Gasteiger partial charge in [0.2, 0.25) is 6.23 Å². The Labute approximate surface area is 188 Å². The fourth-order valence-corrected chi connectivity index (χ4v) is 4.00. The van der Waals surface area contributed by atoms with Crippen molar-refractivity contribution in [3.05, 3.63) is 63.4 Å². The van der Waals surface area contributed by atoms with E-state index in [1.165, 1.54) is 17.4 Å². The van der Waals surface area contributed by atoms with Gasteiger partial charge < -0.3 is 4.74 Å². The third-order valence-corrected chi connectivity index (χ3v) is 5.90. The van der Waals surface area contributed by atoms with Crippen LogP contribution in [0.25, 0.3) is 10.6 Å². The van der Waals surface area contributed by atoms with Gasteiger partial charge >= 0.3 is 6.18 Å². The van der Waals surface area contributed by atoms with Crippen LogP contribution in [0, 0.1) is 6.92 Å². The number of aryl methyl sites for hydroxylation is 1. The number of benzene rings is 1. The van der Waals surface area contributed by atoms with Crippen molar-refractivity contribution in [3.63, 3.8) is 0 Å². The molecule has 32 heavy (non-hydrogen) atoms. The molecule has 0 radical (unpaired) electrons. The summed E-state index contributed by atoms with van der Waals surface area (Å²) in [5.74, 6) is 0.836. The Kier molecular flexibility index (Phi) is 6.13. The smallest absolute Gasteiger partial charge is 0.433 e. The van der Waals surface area contributed by atoms with Gasteiger partial charge in [0.1, 0.15) is 23.1 Å². The third-order valence-electron chi connectivity index (χ3n) is 4.41. The molecule has 0 spiro atoms. The number of halogens is 4. The normalized spacial score (nSPS) is 15.9. The number of amidine groups is 1. The molecule has 0 saturated heterocycles. The lowest BCUT2D eigenvalue weighted by Crippen LogP contribution is -2.19. The third kappa shape index (κ3) is 4.74. The topological polar surface area (TPSA) is 85.7 Å². The molecular formula is C20H14ClF3N4O3S. The van der Waals surface area contributed by atoms with Crippen molar-refractivity contribution in [2.75, 3.05) is 0 Å². The average molecular weight is 483 g/mol. The van der Waals surface area contributed by atoms with Crippen LogP contribution in [0.1, 0.15) is 21.8 Å². The molecule has 3 aromatic rings. The summed E-state index contributed by atoms with van der Waals surface area (Å²) in [5, 5.41) is 0.896. The Hall–Kier alpha value is -3.02. The molecule has 0 amide bonds. The Morgan fingerprint density at radius 2 is 2.12 bits per heavy atom. The molecule has 1 N–H and O–H groups in total. The predicted octanol–water partition coefficient (Wildman–Crippen LogP) is 4.57. The summed E-state index contributed by atoms with van der Waals surface area (Å²) in [6.45, 7) is 1.99. The minimum absolute atomic E-state index is 0.197. The Morgan fingerprint density at radius 3 is 2.75 bits per heavy atom. The van der Waals surface area contributed by atoms with Crippen molar-refractivity contribution in [3.8, 4) is 16.3 Å². The van der Waals surface area contributed by atoms with Crippen LogP contribution in [0.5, 0.6) is 5.75 Å². The predicted molar refractivity (Wildman–Crippen MR) is 111 cm³/mol. The van der Waals surface area contributed by atoms with Crippen LogP contribution < -0.4 is 10.2 Å². The van der Waals surface area contributed by atoms with Crippen molar-refractivity contribution in [1.82, 2.24) is 15.4 Å². The molecule has 166 valence electrons. The van der Waals surface area contributed by atoms with Crippen LogP contribution in [0.2, 0.25) is 5.02 Å². The van der Waals surface area contributed by atoms with Gasteiger partial charge in [-0.25, -0.2) is 20.3 Å². The number of carbonyl (C=O) groups is 1. The van der Waals surface area contributed by atoms with Crippen LogP contribution in [-0.4, -0.2) is 28.3 Å². The number of alkyl halides is 3. The number of hydroxylamine groups is 1. The van der Waals surface area contributed by atoms with Crippen LogP contribution in [0.3, 0.4) is 0 Å². The number of nitrogens with zero attached hydrogens (tertiary/aromatic N) is 3. The first-order valence-electron chi connectivity index (χ1n) is 9.12. The highest BCUT2D eigenvalue weighted by Gasteiger charge is 2.32. The van der Waals surface area contributed by atoms with E-state index in [1.807, 2.05) is 0 Å². The van der Waals surface area contributed by atoms with Crippen molar-refractivity contribution >= 4 is 35.1 Å². The van der Waals surface area contributed by atoms with Gasteiger partial charge in [-0.05, 0) is 37.3 Å². The number of pyridine rings is 1. The van der Waals surface area contributed by atoms with E-state index in [0.717, 1.165) is 17.1 Å². The molecule has 0 fully saturated rings. The van der Waals surface area contributed by atoms with E-state index in [1.54, 1.807) is 25.1 Å². The minimum atomic E-state index is -4.49. The summed E-state index contributed by atoms with van der Waals surface area (Å²) in [6.07, 6.45) is -3.70. The largest absolute Gasteiger partial charge is 0.488 e. The highest BCUT2D eigenvalue weighted by molar-refractivity contribution is 7.15. The van der Waals surface area contributed by atoms with Gasteiger partial charge in [-0.2, -0.15) is 13.2 Å². The number of nitrogens with one attached hydrogen (secondary N) is 1. The fraction of sp³-hybridized carbons (Fsp3) is 0.200. The number of aldehydes is 1. The highest BCUT2D eigenvalue weighted by Crippen LogP contribution is 2.32. The van der Waals surface area contributed by atoms with Gasteiger partial charge in [0.25, 0.3) is 0 Å². The molecule has 2 aromatic heterocycles. The van der Waals surface area contributed by atoms with Crippen LogP contribution in [0.4, 0.5) is 13.2 Å². The lowest BCUT2D eigenvalue weighted by atomic mass is 10.2. The van der Waals surface area contributed by atoms with E-state index in [2.05, 4.69) is 20.4 Å². The number of aliphatic imine (C=N–C) groups is 1. The van der Waals surface area contributed by atoms with E-state index < -0.39 is 18.1 Å². The zero-order valence-electron chi connectivity index (χ0n) is 16.3. The maximum absolute atomic E-state index is 12.7. The van der Waals surface area contributed by atoms with E-state index in [4.69, 9.17) is 21.2 Å². The lowest BCUT2D eigenvalue weighted by Gasteiger charge is -2.08. The first-order chi connectivity index (χ1) is 15.2. The maximum atomic E-state index is 12.7. The summed E-state index contributed by atoms with van der Waals surface area (Å²) < 4.78 is 43.9. The molecule has 12 heteroatoms. The molecule has 1 atom stereocenters. The van der Waals surface area contributed by atoms with Gasteiger partial charge in [-0.15, -0.1) is 11.3 Å². The van der Waals surface area contributed by atoms with E-state index in [0.29, 0.717) is 44.7 Å². The Bertz CT molecular complexity index is 1180. The summed E-state index contributed by atoms with van der Waals surface area (Å²) in [5.41, 5.74) is 3.34. The fourth-order valence-electron chi connectivity index (χ4n) is 2.78. The SMILES string of the molecule is Cc1nc(-c2ccc(C(F)(F)F)nc2)sc1COc1ccc(C2=NC(C=O)ON2)c(Cl)c1. The Morgan fingerprint density at radius 1 is 1.31 bits per heavy atom. The molecule has 1 unspecified atom stereocenters. The van der Waals surface area contributed by atoms with Crippen molar-refractivity contribution in [2.45, 2.75) is 25.9 Å². The van der Waals surface area contributed by atoms with Crippen molar-refractivity contribution in [1.29, 1.82) is 0 Å². The van der Waals surface area contributed by atoms with Gasteiger partial charge in [0.15, 0.2) is 12.1 Å². The average Bonchev–Trinajstić information content (AvgIpc) is 3.38. The highest BCUT2D eigenvalue weighted by atomic mass is 35.5. The molecule has 0 saturated carbocycles. The van der Waals surface area contributed by atoms with Gasteiger partial charge in [-0.3, -0.25) is 9.78 Å². The Balaban J connectivity index is 1.45. The molecule has 1 aliphatic heterocycles. The number of ether oxygens (including phenoxy) is 1. The monoisotopic (exact) mass is 482 g/mol. The lowest BCUT2D eigenvalue weighted by molar-refractivity contribution is -0.141. The molecule has 4 rings (SSSR count). The summed E-state index contributed by atoms with van der Waals surface area (Å²) in [7, 11) is 0. The quantitative estimate of drug-likeness (QED) is 0.518. The second-order valence-electron chi connectivity index (χ2n) is 6.61. The first kappa shape index (κ1) is 22.2. The van der Waals surface area contributed by atoms with E-state index >= 15 is 0 Å². The number of carbonyl (C=O) groups excluding carboxylic acids is 1. The van der Waals surface area contributed by atoms with Gasteiger partial charge in [0, 0.05) is 17.3 Å². The molecule has 3 heterocycles. The maximum Gasteiger partial charge on any atom is 0.433 e. The number of rotatable bonds is 6. The van der Waals surface area contributed by atoms with E-state index in [-0.39, 0.29) is 6.61 Å². The van der Waals surface area contributed by atoms with E-state index in [9.17, 15) is 18.0 Å². The zero-order valence-corrected chi connectivity index (χ0v) is 17.9. The molecular weight excluding hydrogens is 469 g/mol. The summed E-state index contributed by atoms with van der Waals surface area (Å²) >= 11 is 7.61. The molecule has 7 nitrogen and oxygen atoms in total. The molecule has 0 bridgehead atoms. The number of hydrogen-bond donors (Lipinski definition) is 1. The zero-order chi connectivity index (χ0) is 22.9. The molecule has 1 aromatic carbocycles. The first-order valence-corrected chi connectivity index (χ1v) is 10.3. The number of hydrogen-bond acceptors (Lipinski definition) is 8. The number of aromatic nitrogens is 2. The summed E-state index contributed by atoms with van der Waals surface area (Å²) in [4.78, 5) is 28.4. The summed E-state index contributed by atoms with van der Waals surface area (Å²) in [6, 6.07) is 7.25. The van der Waals surface area contributed by atoms with Crippen molar-refractivity contribution in [2.24, 2.45) is 4.99 Å². The van der Waals surface area contributed by atoms with Crippen LogP contribution >= 0.6 is 22.9 Å². The molecule has 0 aliphatic carbocycles. The molecule has 1 aliphatic rings. The second kappa shape index (κ2) is 8.85. The van der Waals surface area contributed by atoms with Crippen LogP contribution in [0.15, 0.2) is 41.5 Å². The van der Waals surface area contributed by atoms with Crippen LogP contribution in [-0.2, 0) is 22.4 Å². The number of thiazole rings is 1. The van der Waals surface area contributed by atoms with Crippen molar-refractivity contribution < 1.29 is 27.5 Å². The minimum Gasteiger partial charge on any atom is -0.488 e. The second-order valence-corrected chi connectivity index (χ2v) is 8.10. The van der Waals surface area contributed by atoms with Gasteiger partial charge in [-0.1, -0.05) is 11.6 Å².